The van der Waals surface area contributed by atoms with Crippen LogP contribution in [-0.2, 0) is 15.0 Å². The molecule has 20 heavy (non-hydrogen) atoms. The highest BCUT2D eigenvalue weighted by Crippen LogP contribution is 2.28. The van der Waals surface area contributed by atoms with E-state index in [-0.39, 0.29) is 24.2 Å². The van der Waals surface area contributed by atoms with Gasteiger partial charge in [-0.1, -0.05) is 33.8 Å². The fourth-order valence-electron chi connectivity index (χ4n) is 2.04. The Labute approximate surface area is 124 Å². The molecule has 0 atom stereocenters. The van der Waals surface area contributed by atoms with Gasteiger partial charge in [0.1, 0.15) is 0 Å². The Hall–Kier alpha value is -1.36. The van der Waals surface area contributed by atoms with Crippen molar-refractivity contribution in [2.75, 3.05) is 6.54 Å². The van der Waals surface area contributed by atoms with Gasteiger partial charge in [0.05, 0.1) is 6.42 Å². The topological polar surface area (TPSA) is 66.4 Å². The average Bonchev–Trinajstić information content (AvgIpc) is 2.77. The second-order valence-corrected chi connectivity index (χ2v) is 7.50. The van der Waals surface area contributed by atoms with Crippen molar-refractivity contribution in [1.29, 1.82) is 0 Å². The lowest BCUT2D eigenvalue weighted by atomic mass is 9.85. The lowest BCUT2D eigenvalue weighted by Gasteiger charge is -2.26. The van der Waals surface area contributed by atoms with Crippen molar-refractivity contribution in [3.8, 4) is 0 Å². The minimum Gasteiger partial charge on any atom is -0.481 e. The van der Waals surface area contributed by atoms with E-state index in [1.54, 1.807) is 25.2 Å². The summed E-state index contributed by atoms with van der Waals surface area (Å²) in [6, 6.07) is 4.06. The van der Waals surface area contributed by atoms with Crippen molar-refractivity contribution >= 4 is 23.2 Å². The highest BCUT2D eigenvalue weighted by molar-refractivity contribution is 7.10. The minimum atomic E-state index is -0.873. The molecule has 1 rings (SSSR count). The number of hydrogen-bond donors (Lipinski definition) is 2. The van der Waals surface area contributed by atoms with Crippen molar-refractivity contribution in [2.24, 2.45) is 5.41 Å². The molecule has 1 heterocycles. The normalized spacial score (nSPS) is 12.2. The summed E-state index contributed by atoms with van der Waals surface area (Å²) in [7, 11) is 0. The molecule has 4 nitrogen and oxygen atoms in total. The number of carbonyl (C=O) groups is 2. The lowest BCUT2D eigenvalue weighted by Crippen LogP contribution is -2.38. The van der Waals surface area contributed by atoms with Crippen LogP contribution in [0.4, 0.5) is 0 Å². The predicted octanol–water partition coefficient (Wildman–Crippen LogP) is 3.03. The number of thiophene rings is 1. The van der Waals surface area contributed by atoms with Gasteiger partial charge < -0.3 is 10.4 Å². The number of amides is 1. The van der Waals surface area contributed by atoms with E-state index in [4.69, 9.17) is 5.11 Å². The lowest BCUT2D eigenvalue weighted by molar-refractivity contribution is -0.139. The monoisotopic (exact) mass is 297 g/mol. The molecule has 0 spiro atoms. The van der Waals surface area contributed by atoms with Crippen LogP contribution in [0.15, 0.2) is 17.5 Å². The minimum absolute atomic E-state index is 0.00522. The number of carboxylic acid groups (broad SMARTS) is 1. The number of rotatable bonds is 7. The maximum Gasteiger partial charge on any atom is 0.303 e. The molecule has 0 fully saturated rings. The molecule has 0 aliphatic carbocycles. The largest absolute Gasteiger partial charge is 0.481 e. The Kier molecular flexibility index (Phi) is 5.34. The smallest absolute Gasteiger partial charge is 0.303 e. The third kappa shape index (κ3) is 5.33. The van der Waals surface area contributed by atoms with Crippen molar-refractivity contribution in [3.05, 3.63) is 22.4 Å². The van der Waals surface area contributed by atoms with E-state index in [1.807, 2.05) is 11.4 Å². The molecule has 0 bridgehead atoms. The molecule has 0 saturated carbocycles. The zero-order valence-corrected chi connectivity index (χ0v) is 13.3. The van der Waals surface area contributed by atoms with Gasteiger partial charge in [0.15, 0.2) is 0 Å². The van der Waals surface area contributed by atoms with Gasteiger partial charge in [-0.05, 0) is 16.9 Å². The fourth-order valence-corrected chi connectivity index (χ4v) is 2.89. The third-order valence-corrected chi connectivity index (χ3v) is 4.42. The van der Waals surface area contributed by atoms with Gasteiger partial charge in [-0.2, -0.15) is 0 Å². The van der Waals surface area contributed by atoms with Gasteiger partial charge >= 0.3 is 5.97 Å². The van der Waals surface area contributed by atoms with Crippen LogP contribution in [0.2, 0.25) is 0 Å². The maximum absolute atomic E-state index is 12.0. The second-order valence-electron chi connectivity index (χ2n) is 6.55. The Bertz CT molecular complexity index is 463. The summed E-state index contributed by atoms with van der Waals surface area (Å²) in [5.74, 6) is -0.970. The van der Waals surface area contributed by atoms with Crippen LogP contribution in [0.1, 0.15) is 45.4 Å². The molecular weight excluding hydrogens is 274 g/mol. The van der Waals surface area contributed by atoms with Crippen molar-refractivity contribution < 1.29 is 14.7 Å². The number of hydrogen-bond acceptors (Lipinski definition) is 3. The molecule has 1 aromatic heterocycles. The molecule has 0 radical (unpaired) electrons. The summed E-state index contributed by atoms with van der Waals surface area (Å²) in [6.45, 7) is 8.31. The maximum atomic E-state index is 12.0. The highest BCUT2D eigenvalue weighted by atomic mass is 32.1. The van der Waals surface area contributed by atoms with Crippen molar-refractivity contribution in [2.45, 2.75) is 46.0 Å². The Balaban J connectivity index is 2.49. The van der Waals surface area contributed by atoms with E-state index in [0.717, 1.165) is 0 Å². The van der Waals surface area contributed by atoms with Crippen molar-refractivity contribution in [3.63, 3.8) is 0 Å². The van der Waals surface area contributed by atoms with Gasteiger partial charge in [0, 0.05) is 23.3 Å². The number of aliphatic carboxylic acids is 1. The molecule has 1 amide bonds. The first-order chi connectivity index (χ1) is 9.12. The van der Waals surface area contributed by atoms with Gasteiger partial charge in [0.2, 0.25) is 5.91 Å². The van der Waals surface area contributed by atoms with Gasteiger partial charge in [-0.15, -0.1) is 11.3 Å². The molecule has 0 unspecified atom stereocenters. The number of carbonyl (C=O) groups excluding carboxylic acids is 1. The van der Waals surface area contributed by atoms with Crippen LogP contribution >= 0.6 is 11.3 Å². The molecule has 112 valence electrons. The first-order valence-corrected chi connectivity index (χ1v) is 7.53. The highest BCUT2D eigenvalue weighted by Gasteiger charge is 2.27. The van der Waals surface area contributed by atoms with Crippen LogP contribution < -0.4 is 5.32 Å². The summed E-state index contributed by atoms with van der Waals surface area (Å²) in [4.78, 5) is 23.9. The van der Waals surface area contributed by atoms with E-state index in [2.05, 4.69) is 25.2 Å². The fraction of sp³-hybridized carbons (Fsp3) is 0.600. The van der Waals surface area contributed by atoms with Gasteiger partial charge in [-0.3, -0.25) is 9.59 Å². The molecule has 2 N–H and O–H groups in total. The summed E-state index contributed by atoms with van der Waals surface area (Å²) in [6.07, 6.45) is 0.217. The zero-order valence-electron chi connectivity index (χ0n) is 12.5. The molecule has 0 aromatic carbocycles. The average molecular weight is 297 g/mol. The summed E-state index contributed by atoms with van der Waals surface area (Å²) in [5, 5.41) is 13.8. The first kappa shape index (κ1) is 16.7. The molecule has 0 aliphatic rings. The summed E-state index contributed by atoms with van der Waals surface area (Å²) < 4.78 is 0. The molecule has 0 saturated heterocycles. The Morgan fingerprint density at radius 3 is 2.40 bits per heavy atom. The van der Waals surface area contributed by atoms with Gasteiger partial charge in [0.25, 0.3) is 0 Å². The van der Waals surface area contributed by atoms with Crippen LogP contribution in [0, 0.1) is 5.41 Å². The zero-order chi connectivity index (χ0) is 15.4. The summed E-state index contributed by atoms with van der Waals surface area (Å²) >= 11 is 1.67. The second kappa shape index (κ2) is 6.39. The van der Waals surface area contributed by atoms with Crippen LogP contribution in [0.25, 0.3) is 0 Å². The number of nitrogens with one attached hydrogen (secondary N) is 1. The Morgan fingerprint density at radius 2 is 1.90 bits per heavy atom. The number of carboxylic acids is 1. The first-order valence-electron chi connectivity index (χ1n) is 6.65. The van der Waals surface area contributed by atoms with Crippen molar-refractivity contribution in [1.82, 2.24) is 5.32 Å². The summed E-state index contributed by atoms with van der Waals surface area (Å²) in [5.41, 5.74) is -0.635. The quantitative estimate of drug-likeness (QED) is 0.813. The van der Waals surface area contributed by atoms with E-state index in [0.29, 0.717) is 6.54 Å². The van der Waals surface area contributed by atoms with E-state index >= 15 is 0 Å². The van der Waals surface area contributed by atoms with Crippen LogP contribution in [0.3, 0.4) is 0 Å². The van der Waals surface area contributed by atoms with Gasteiger partial charge in [-0.25, -0.2) is 0 Å². The van der Waals surface area contributed by atoms with E-state index in [9.17, 15) is 9.59 Å². The molecule has 5 heteroatoms. The molecular formula is C15H23NO3S. The van der Waals surface area contributed by atoms with E-state index in [1.165, 1.54) is 4.88 Å². The molecule has 0 aliphatic heterocycles. The van der Waals surface area contributed by atoms with Crippen LogP contribution in [0.5, 0.6) is 0 Å². The standard InChI is InChI=1S/C15H23NO3S/c1-14(2,9-13(18)19)8-12(17)16-10-15(3,4)11-6-5-7-20-11/h5-7H,8-10H2,1-4H3,(H,16,17)(H,18,19). The predicted molar refractivity (Wildman–Crippen MR) is 81.0 cm³/mol. The SMILES string of the molecule is CC(C)(CC(=O)O)CC(=O)NCC(C)(C)c1cccs1. The van der Waals surface area contributed by atoms with Crippen LogP contribution in [-0.4, -0.2) is 23.5 Å². The molecule has 1 aromatic rings. The Morgan fingerprint density at radius 1 is 1.25 bits per heavy atom. The van der Waals surface area contributed by atoms with E-state index < -0.39 is 11.4 Å². The third-order valence-electron chi connectivity index (χ3n) is 3.18.